The molecule has 0 aromatic heterocycles. The highest BCUT2D eigenvalue weighted by atomic mass is 16.4. The summed E-state index contributed by atoms with van der Waals surface area (Å²) in [6, 6.07) is 20.7. The van der Waals surface area contributed by atoms with Crippen molar-refractivity contribution in [2.24, 2.45) is 5.16 Å². The van der Waals surface area contributed by atoms with Gasteiger partial charge in [0.05, 0.1) is 11.6 Å². The molecule has 2 aromatic rings. The lowest BCUT2D eigenvalue weighted by Crippen LogP contribution is -2.43. The third kappa shape index (κ3) is 3.20. The Labute approximate surface area is 131 Å². The Balaban J connectivity index is 2.01. The van der Waals surface area contributed by atoms with Gasteiger partial charge in [0.15, 0.2) is 0 Å². The van der Waals surface area contributed by atoms with Crippen LogP contribution in [0.4, 0.5) is 0 Å². The van der Waals surface area contributed by atoms with Crippen LogP contribution < -0.4 is 5.32 Å². The molecule has 0 spiro atoms. The maximum atomic E-state index is 9.72. The van der Waals surface area contributed by atoms with Gasteiger partial charge in [0, 0.05) is 6.04 Å². The van der Waals surface area contributed by atoms with E-state index in [1.807, 2.05) is 36.4 Å². The first-order valence-electron chi connectivity index (χ1n) is 7.95. The predicted octanol–water partition coefficient (Wildman–Crippen LogP) is 3.79. The topological polar surface area (TPSA) is 44.6 Å². The van der Waals surface area contributed by atoms with Gasteiger partial charge < -0.3 is 10.5 Å². The number of nitrogens with zero attached hydrogens (tertiary/aromatic N) is 1. The van der Waals surface area contributed by atoms with Crippen LogP contribution in [0.2, 0.25) is 0 Å². The molecule has 0 bridgehead atoms. The number of benzene rings is 2. The van der Waals surface area contributed by atoms with Crippen molar-refractivity contribution in [2.45, 2.75) is 31.2 Å². The summed E-state index contributed by atoms with van der Waals surface area (Å²) < 4.78 is 0. The van der Waals surface area contributed by atoms with E-state index in [-0.39, 0.29) is 12.0 Å². The average Bonchev–Trinajstić information content (AvgIpc) is 2.62. The van der Waals surface area contributed by atoms with Crippen molar-refractivity contribution in [2.75, 3.05) is 6.54 Å². The molecule has 22 heavy (non-hydrogen) atoms. The largest absolute Gasteiger partial charge is 0.411 e. The molecular formula is C19H22N2O. The Hall–Kier alpha value is -2.13. The number of hydrogen-bond donors (Lipinski definition) is 2. The minimum Gasteiger partial charge on any atom is -0.411 e. The zero-order valence-corrected chi connectivity index (χ0v) is 12.7. The molecule has 1 heterocycles. The summed E-state index contributed by atoms with van der Waals surface area (Å²) in [5, 5.41) is 16.9. The second-order valence-electron chi connectivity index (χ2n) is 5.78. The van der Waals surface area contributed by atoms with Crippen LogP contribution in [0.25, 0.3) is 0 Å². The van der Waals surface area contributed by atoms with Crippen molar-refractivity contribution in [3.8, 4) is 0 Å². The van der Waals surface area contributed by atoms with Crippen molar-refractivity contribution >= 4 is 5.71 Å². The Morgan fingerprint density at radius 3 is 2.00 bits per heavy atom. The first kappa shape index (κ1) is 14.8. The fraction of sp³-hybridized carbons (Fsp3) is 0.316. The monoisotopic (exact) mass is 294 g/mol. The quantitative estimate of drug-likeness (QED) is 0.512. The van der Waals surface area contributed by atoms with Gasteiger partial charge in [0.2, 0.25) is 0 Å². The lowest BCUT2D eigenvalue weighted by atomic mass is 9.82. The van der Waals surface area contributed by atoms with E-state index in [0.29, 0.717) is 0 Å². The Morgan fingerprint density at radius 1 is 0.955 bits per heavy atom. The fourth-order valence-electron chi connectivity index (χ4n) is 3.26. The van der Waals surface area contributed by atoms with Crippen molar-refractivity contribution in [3.63, 3.8) is 0 Å². The van der Waals surface area contributed by atoms with Crippen LogP contribution in [0.3, 0.4) is 0 Å². The van der Waals surface area contributed by atoms with E-state index in [9.17, 15) is 5.21 Å². The Bertz CT molecular complexity index is 564. The van der Waals surface area contributed by atoms with E-state index in [1.165, 1.54) is 12.8 Å². The zero-order chi connectivity index (χ0) is 15.2. The number of hydrogen-bond acceptors (Lipinski definition) is 3. The van der Waals surface area contributed by atoms with E-state index in [1.54, 1.807) is 0 Å². The van der Waals surface area contributed by atoms with E-state index in [0.717, 1.165) is 29.8 Å². The van der Waals surface area contributed by atoms with E-state index in [2.05, 4.69) is 34.7 Å². The molecule has 2 aromatic carbocycles. The molecule has 0 radical (unpaired) electrons. The lowest BCUT2D eigenvalue weighted by molar-refractivity contribution is 0.310. The van der Waals surface area contributed by atoms with Crippen molar-refractivity contribution in [1.29, 1.82) is 0 Å². The van der Waals surface area contributed by atoms with Gasteiger partial charge in [-0.3, -0.25) is 0 Å². The minimum atomic E-state index is -0.0111. The van der Waals surface area contributed by atoms with Crippen LogP contribution in [-0.2, 0) is 0 Å². The van der Waals surface area contributed by atoms with Gasteiger partial charge in [-0.2, -0.15) is 0 Å². The van der Waals surface area contributed by atoms with Crippen LogP contribution in [0.5, 0.6) is 0 Å². The molecule has 0 saturated carbocycles. The van der Waals surface area contributed by atoms with Gasteiger partial charge in [-0.05, 0) is 30.5 Å². The van der Waals surface area contributed by atoms with Gasteiger partial charge in [0.1, 0.15) is 0 Å². The SMILES string of the molecule is ON=C(C1CCCCN1)C(c1ccccc1)c1ccccc1. The van der Waals surface area contributed by atoms with Crippen LogP contribution in [0.15, 0.2) is 65.8 Å². The third-order valence-corrected chi connectivity index (χ3v) is 4.34. The molecule has 1 atom stereocenters. The molecular weight excluding hydrogens is 272 g/mol. The summed E-state index contributed by atoms with van der Waals surface area (Å²) >= 11 is 0. The average molecular weight is 294 g/mol. The molecule has 0 amide bonds. The molecule has 1 saturated heterocycles. The summed E-state index contributed by atoms with van der Waals surface area (Å²) in [5.41, 5.74) is 3.14. The molecule has 2 N–H and O–H groups in total. The zero-order valence-electron chi connectivity index (χ0n) is 12.7. The highest BCUT2D eigenvalue weighted by Crippen LogP contribution is 2.29. The number of piperidine rings is 1. The van der Waals surface area contributed by atoms with Gasteiger partial charge in [0.25, 0.3) is 0 Å². The van der Waals surface area contributed by atoms with Gasteiger partial charge in [-0.1, -0.05) is 72.2 Å². The Kier molecular flexibility index (Phi) is 4.86. The first-order valence-corrected chi connectivity index (χ1v) is 7.95. The van der Waals surface area contributed by atoms with Crippen molar-refractivity contribution < 1.29 is 5.21 Å². The summed E-state index contributed by atoms with van der Waals surface area (Å²) in [6.45, 7) is 0.986. The van der Waals surface area contributed by atoms with Crippen LogP contribution in [0.1, 0.15) is 36.3 Å². The van der Waals surface area contributed by atoms with Crippen LogP contribution in [-0.4, -0.2) is 23.5 Å². The van der Waals surface area contributed by atoms with Crippen LogP contribution in [0, 0.1) is 0 Å². The summed E-state index contributed by atoms with van der Waals surface area (Å²) in [4.78, 5) is 0. The molecule has 1 unspecified atom stereocenters. The maximum Gasteiger partial charge on any atom is 0.0858 e. The molecule has 1 aliphatic heterocycles. The molecule has 1 fully saturated rings. The molecule has 3 heteroatoms. The highest BCUT2D eigenvalue weighted by Gasteiger charge is 2.28. The van der Waals surface area contributed by atoms with Crippen molar-refractivity contribution in [3.05, 3.63) is 71.8 Å². The van der Waals surface area contributed by atoms with E-state index in [4.69, 9.17) is 0 Å². The normalized spacial score (nSPS) is 19.3. The lowest BCUT2D eigenvalue weighted by Gasteiger charge is -2.29. The molecule has 1 aliphatic rings. The second kappa shape index (κ2) is 7.23. The van der Waals surface area contributed by atoms with E-state index >= 15 is 0 Å². The maximum absolute atomic E-state index is 9.72. The van der Waals surface area contributed by atoms with Gasteiger partial charge in [-0.15, -0.1) is 0 Å². The number of nitrogens with one attached hydrogen (secondary N) is 1. The summed E-state index contributed by atoms with van der Waals surface area (Å²) in [5.74, 6) is -0.0111. The predicted molar refractivity (Wildman–Crippen MR) is 89.6 cm³/mol. The second-order valence-corrected chi connectivity index (χ2v) is 5.78. The number of rotatable bonds is 4. The number of oxime groups is 1. The summed E-state index contributed by atoms with van der Waals surface area (Å²) in [6.07, 6.45) is 3.39. The van der Waals surface area contributed by atoms with Gasteiger partial charge in [-0.25, -0.2) is 0 Å². The standard InChI is InChI=1S/C19H22N2O/c22-21-19(17-13-7-8-14-20-17)18(15-9-3-1-4-10-15)16-11-5-2-6-12-16/h1-6,9-12,17-18,20,22H,7-8,13-14H2. The third-order valence-electron chi connectivity index (χ3n) is 4.34. The minimum absolute atomic E-state index is 0.0111. The van der Waals surface area contributed by atoms with E-state index < -0.39 is 0 Å². The van der Waals surface area contributed by atoms with Crippen LogP contribution >= 0.6 is 0 Å². The van der Waals surface area contributed by atoms with Crippen molar-refractivity contribution in [1.82, 2.24) is 5.32 Å². The fourth-order valence-corrected chi connectivity index (χ4v) is 3.26. The van der Waals surface area contributed by atoms with Gasteiger partial charge >= 0.3 is 0 Å². The first-order chi connectivity index (χ1) is 10.9. The summed E-state index contributed by atoms with van der Waals surface area (Å²) in [7, 11) is 0. The Morgan fingerprint density at radius 2 is 1.55 bits per heavy atom. The molecule has 3 rings (SSSR count). The smallest absolute Gasteiger partial charge is 0.0858 e. The molecule has 0 aliphatic carbocycles. The molecule has 3 nitrogen and oxygen atoms in total. The highest BCUT2D eigenvalue weighted by molar-refractivity contribution is 5.97. The molecule has 114 valence electrons.